The first-order chi connectivity index (χ1) is 9.28. The predicted molar refractivity (Wildman–Crippen MR) is 77.5 cm³/mol. The summed E-state index contributed by atoms with van der Waals surface area (Å²) in [5.41, 5.74) is 1.26. The maximum atomic E-state index is 5.63. The molecule has 1 aliphatic rings. The average molecular weight is 263 g/mol. The van der Waals surface area contributed by atoms with Gasteiger partial charge in [0.05, 0.1) is 13.2 Å². The van der Waals surface area contributed by atoms with Gasteiger partial charge >= 0.3 is 0 Å². The first-order valence-electron chi connectivity index (χ1n) is 7.20. The molecule has 0 heterocycles. The van der Waals surface area contributed by atoms with E-state index in [1.807, 2.05) is 19.2 Å². The van der Waals surface area contributed by atoms with Crippen molar-refractivity contribution in [1.29, 1.82) is 0 Å². The summed E-state index contributed by atoms with van der Waals surface area (Å²) in [5, 5.41) is 3.42. The maximum absolute atomic E-state index is 5.63. The minimum Gasteiger partial charge on any atom is -0.496 e. The van der Waals surface area contributed by atoms with Crippen LogP contribution in [-0.2, 0) is 4.74 Å². The smallest absolute Gasteiger partial charge is 0.123 e. The minimum atomic E-state index is 0.365. The van der Waals surface area contributed by atoms with E-state index in [0.717, 1.165) is 24.7 Å². The van der Waals surface area contributed by atoms with Crippen LogP contribution in [0.15, 0.2) is 24.3 Å². The zero-order valence-corrected chi connectivity index (χ0v) is 12.2. The molecule has 1 aliphatic carbocycles. The van der Waals surface area contributed by atoms with E-state index in [9.17, 15) is 0 Å². The maximum Gasteiger partial charge on any atom is 0.123 e. The Kier molecular flexibility index (Phi) is 5.23. The molecule has 3 heteroatoms. The van der Waals surface area contributed by atoms with Crippen molar-refractivity contribution in [3.05, 3.63) is 29.8 Å². The SMILES string of the molecule is CCOC1CC(CC(NC)c2ccccc2OC)C1. The molecule has 0 aromatic heterocycles. The number of hydrogen-bond donors (Lipinski definition) is 1. The molecular formula is C16H25NO2. The van der Waals surface area contributed by atoms with E-state index in [1.165, 1.54) is 18.4 Å². The van der Waals surface area contributed by atoms with Crippen LogP contribution in [-0.4, -0.2) is 26.9 Å². The lowest BCUT2D eigenvalue weighted by molar-refractivity contribution is -0.0290. The first kappa shape index (κ1) is 14.4. The number of benzene rings is 1. The van der Waals surface area contributed by atoms with E-state index < -0.39 is 0 Å². The number of hydrogen-bond acceptors (Lipinski definition) is 3. The summed E-state index contributed by atoms with van der Waals surface area (Å²) < 4.78 is 11.1. The normalized spacial score (nSPS) is 23.7. The topological polar surface area (TPSA) is 30.5 Å². The number of para-hydroxylation sites is 1. The third-order valence-electron chi connectivity index (χ3n) is 4.03. The van der Waals surface area contributed by atoms with Gasteiger partial charge in [-0.15, -0.1) is 0 Å². The summed E-state index contributed by atoms with van der Waals surface area (Å²) in [7, 11) is 3.76. The summed E-state index contributed by atoms with van der Waals surface area (Å²) in [6.07, 6.45) is 4.04. The molecule has 1 fully saturated rings. The van der Waals surface area contributed by atoms with E-state index in [1.54, 1.807) is 7.11 Å². The van der Waals surface area contributed by atoms with E-state index >= 15 is 0 Å². The molecule has 0 spiro atoms. The third kappa shape index (κ3) is 3.48. The van der Waals surface area contributed by atoms with Gasteiger partial charge in [-0.25, -0.2) is 0 Å². The lowest BCUT2D eigenvalue weighted by atomic mass is 9.77. The Morgan fingerprint density at radius 1 is 1.32 bits per heavy atom. The minimum absolute atomic E-state index is 0.365. The van der Waals surface area contributed by atoms with Crippen molar-refractivity contribution in [1.82, 2.24) is 5.32 Å². The zero-order chi connectivity index (χ0) is 13.7. The van der Waals surface area contributed by atoms with Crippen molar-refractivity contribution < 1.29 is 9.47 Å². The zero-order valence-electron chi connectivity index (χ0n) is 12.2. The molecule has 1 aromatic carbocycles. The number of nitrogens with one attached hydrogen (secondary N) is 1. The van der Waals surface area contributed by atoms with Gasteiger partial charge in [0.1, 0.15) is 5.75 Å². The largest absolute Gasteiger partial charge is 0.496 e. The van der Waals surface area contributed by atoms with Gasteiger partial charge in [0.15, 0.2) is 0 Å². The monoisotopic (exact) mass is 263 g/mol. The second-order valence-corrected chi connectivity index (χ2v) is 5.23. The van der Waals surface area contributed by atoms with Crippen LogP contribution in [0.3, 0.4) is 0 Å². The highest BCUT2D eigenvalue weighted by atomic mass is 16.5. The number of rotatable bonds is 7. The molecule has 1 aromatic rings. The fraction of sp³-hybridized carbons (Fsp3) is 0.625. The van der Waals surface area contributed by atoms with E-state index in [0.29, 0.717) is 12.1 Å². The molecule has 1 N–H and O–H groups in total. The van der Waals surface area contributed by atoms with Crippen LogP contribution in [0.25, 0.3) is 0 Å². The van der Waals surface area contributed by atoms with Crippen molar-refractivity contribution in [2.45, 2.75) is 38.3 Å². The summed E-state index contributed by atoms with van der Waals surface area (Å²) in [6, 6.07) is 8.64. The van der Waals surface area contributed by atoms with Crippen LogP contribution < -0.4 is 10.1 Å². The first-order valence-corrected chi connectivity index (χ1v) is 7.20. The molecule has 1 atom stereocenters. The summed E-state index contributed by atoms with van der Waals surface area (Å²) in [4.78, 5) is 0. The fourth-order valence-electron chi connectivity index (χ4n) is 2.93. The van der Waals surface area contributed by atoms with Crippen LogP contribution in [0.4, 0.5) is 0 Å². The Labute approximate surface area is 116 Å². The second kappa shape index (κ2) is 6.92. The summed E-state index contributed by atoms with van der Waals surface area (Å²) in [5.74, 6) is 1.74. The van der Waals surface area contributed by atoms with Gasteiger partial charge in [0, 0.05) is 18.2 Å². The number of ether oxygens (including phenoxy) is 2. The van der Waals surface area contributed by atoms with Gasteiger partial charge in [-0.3, -0.25) is 0 Å². The molecule has 0 radical (unpaired) electrons. The van der Waals surface area contributed by atoms with Crippen molar-refractivity contribution in [2.75, 3.05) is 20.8 Å². The molecule has 0 saturated heterocycles. The van der Waals surface area contributed by atoms with Crippen LogP contribution in [0.2, 0.25) is 0 Å². The average Bonchev–Trinajstić information content (AvgIpc) is 2.41. The molecule has 0 amide bonds. The lowest BCUT2D eigenvalue weighted by Crippen LogP contribution is -2.34. The molecule has 19 heavy (non-hydrogen) atoms. The van der Waals surface area contributed by atoms with Gasteiger partial charge in [-0.1, -0.05) is 18.2 Å². The van der Waals surface area contributed by atoms with Crippen molar-refractivity contribution in [2.24, 2.45) is 5.92 Å². The van der Waals surface area contributed by atoms with Crippen LogP contribution in [0.5, 0.6) is 5.75 Å². The van der Waals surface area contributed by atoms with Gasteiger partial charge in [0.25, 0.3) is 0 Å². The molecule has 0 bridgehead atoms. The van der Waals surface area contributed by atoms with Gasteiger partial charge in [-0.05, 0) is 45.2 Å². The number of methoxy groups -OCH3 is 1. The highest BCUT2D eigenvalue weighted by Crippen LogP contribution is 2.38. The molecule has 106 valence electrons. The van der Waals surface area contributed by atoms with E-state index in [-0.39, 0.29) is 0 Å². The van der Waals surface area contributed by atoms with Gasteiger partial charge in [0.2, 0.25) is 0 Å². The summed E-state index contributed by atoms with van der Waals surface area (Å²) >= 11 is 0. The van der Waals surface area contributed by atoms with Crippen molar-refractivity contribution in [3.63, 3.8) is 0 Å². The highest BCUT2D eigenvalue weighted by molar-refractivity contribution is 5.35. The Morgan fingerprint density at radius 3 is 2.68 bits per heavy atom. The molecule has 3 nitrogen and oxygen atoms in total. The summed E-state index contributed by atoms with van der Waals surface area (Å²) in [6.45, 7) is 2.90. The molecule has 1 saturated carbocycles. The van der Waals surface area contributed by atoms with Crippen molar-refractivity contribution in [3.8, 4) is 5.75 Å². The highest BCUT2D eigenvalue weighted by Gasteiger charge is 2.31. The predicted octanol–water partition coefficient (Wildman–Crippen LogP) is 3.16. The van der Waals surface area contributed by atoms with Crippen LogP contribution in [0, 0.1) is 5.92 Å². The quantitative estimate of drug-likeness (QED) is 0.819. The van der Waals surface area contributed by atoms with Gasteiger partial charge in [-0.2, -0.15) is 0 Å². The third-order valence-corrected chi connectivity index (χ3v) is 4.03. The Balaban J connectivity index is 1.94. The van der Waals surface area contributed by atoms with Crippen LogP contribution in [0.1, 0.15) is 37.8 Å². The molecular weight excluding hydrogens is 238 g/mol. The standard InChI is InChI=1S/C16H25NO2/c1-4-19-13-9-12(10-13)11-15(17-2)14-7-5-6-8-16(14)18-3/h5-8,12-13,15,17H,4,9-11H2,1-3H3. The molecule has 0 aliphatic heterocycles. The van der Waals surface area contributed by atoms with Crippen molar-refractivity contribution >= 4 is 0 Å². The second-order valence-electron chi connectivity index (χ2n) is 5.23. The Hall–Kier alpha value is -1.06. The fourth-order valence-corrected chi connectivity index (χ4v) is 2.93. The Bertz CT molecular complexity index is 388. The lowest BCUT2D eigenvalue weighted by Gasteiger charge is -2.37. The molecule has 1 unspecified atom stereocenters. The van der Waals surface area contributed by atoms with E-state index in [2.05, 4.69) is 24.4 Å². The Morgan fingerprint density at radius 2 is 2.05 bits per heavy atom. The molecule has 2 rings (SSSR count). The van der Waals surface area contributed by atoms with E-state index in [4.69, 9.17) is 9.47 Å². The van der Waals surface area contributed by atoms with Gasteiger partial charge < -0.3 is 14.8 Å². The van der Waals surface area contributed by atoms with Crippen LogP contribution >= 0.6 is 0 Å².